The highest BCUT2D eigenvalue weighted by molar-refractivity contribution is 8.14. The molecule has 1 spiro atoms. The maximum atomic E-state index is 7.38. The second kappa shape index (κ2) is 13.1. The first-order valence-corrected chi connectivity index (χ1v) is 22.6. The molecule has 0 radical (unpaired) electrons. The van der Waals surface area contributed by atoms with Gasteiger partial charge in [0.05, 0.1) is 13.2 Å². The first-order valence-electron chi connectivity index (χ1n) is 15.8. The van der Waals surface area contributed by atoms with Crippen molar-refractivity contribution in [3.8, 4) is 11.5 Å². The third-order valence-electron chi connectivity index (χ3n) is 8.98. The van der Waals surface area contributed by atoms with Crippen LogP contribution in [-0.4, -0.2) is 70.8 Å². The summed E-state index contributed by atoms with van der Waals surface area (Å²) in [4.78, 5) is 3.83. The number of nitrogens with one attached hydrogen (secondary N) is 1. The van der Waals surface area contributed by atoms with Crippen molar-refractivity contribution in [2.45, 2.75) is 58.0 Å². The van der Waals surface area contributed by atoms with Gasteiger partial charge in [-0.15, -0.1) is 9.03 Å². The van der Waals surface area contributed by atoms with Gasteiger partial charge in [0.2, 0.25) is 5.91 Å². The van der Waals surface area contributed by atoms with Crippen molar-refractivity contribution in [1.82, 2.24) is 18.9 Å². The van der Waals surface area contributed by atoms with Gasteiger partial charge in [0.1, 0.15) is 24.6 Å². The van der Waals surface area contributed by atoms with Crippen LogP contribution >= 0.6 is 43.4 Å². The van der Waals surface area contributed by atoms with Crippen molar-refractivity contribution in [3.05, 3.63) is 59.7 Å². The second-order valence-corrected chi connectivity index (χ2v) is 23.1. The lowest BCUT2D eigenvalue weighted by molar-refractivity contribution is -0.489. The molecular formula is C29H43Cl2N7O2P3+. The van der Waals surface area contributed by atoms with E-state index in [1.165, 1.54) is 36.8 Å². The van der Waals surface area contributed by atoms with E-state index in [2.05, 4.69) is 71.7 Å². The fraction of sp³-hybridized carbons (Fsp3) is 0.586. The lowest BCUT2D eigenvalue weighted by atomic mass is 10.2. The van der Waals surface area contributed by atoms with E-state index in [0.717, 1.165) is 70.0 Å². The van der Waals surface area contributed by atoms with Gasteiger partial charge in [0, 0.05) is 63.2 Å². The normalized spacial score (nSPS) is 33.1. The number of para-hydroxylation sites is 2. The van der Waals surface area contributed by atoms with E-state index in [1.54, 1.807) is 0 Å². The average Bonchev–Trinajstić information content (AvgIpc) is 3.73. The summed E-state index contributed by atoms with van der Waals surface area (Å²) < 4.78 is 34.5. The lowest BCUT2D eigenvalue weighted by Gasteiger charge is -2.50. The summed E-state index contributed by atoms with van der Waals surface area (Å²) in [7, 11) is -5.18. The van der Waals surface area contributed by atoms with E-state index < -0.39 is 20.9 Å². The zero-order valence-electron chi connectivity index (χ0n) is 24.7. The van der Waals surface area contributed by atoms with Gasteiger partial charge in [-0.05, 0) is 66.7 Å². The zero-order chi connectivity index (χ0) is 29.3. The van der Waals surface area contributed by atoms with Crippen LogP contribution in [-0.2, 0) is 13.1 Å². The van der Waals surface area contributed by atoms with Crippen LogP contribution in [0.1, 0.15) is 56.1 Å². The molecule has 2 unspecified atom stereocenters. The minimum atomic E-state index is -2.93. The highest BCUT2D eigenvalue weighted by Gasteiger charge is 2.53. The Morgan fingerprint density at radius 3 is 1.77 bits per heavy atom. The Bertz CT molecular complexity index is 1440. The SMILES string of the molecule is ClP1(Cl)=N[P@](N2CCCC2)(=[N+]2CCCC2)N=P2(N1)N1CCCN2Cc2ccccc2OCCCCOc2ccccc2C1. The van der Waals surface area contributed by atoms with Gasteiger partial charge < -0.3 is 9.47 Å². The predicted octanol–water partition coefficient (Wildman–Crippen LogP) is 8.77. The highest BCUT2D eigenvalue weighted by Crippen LogP contribution is 2.82. The summed E-state index contributed by atoms with van der Waals surface area (Å²) >= 11 is 14.8. The predicted molar refractivity (Wildman–Crippen MR) is 179 cm³/mol. The molecule has 234 valence electrons. The number of halogens is 2. The molecule has 5 aliphatic heterocycles. The topological polar surface area (TPSA) is 67.9 Å². The quantitative estimate of drug-likeness (QED) is 0.303. The van der Waals surface area contributed by atoms with E-state index >= 15 is 0 Å². The minimum Gasteiger partial charge on any atom is -0.493 e. The fourth-order valence-electron chi connectivity index (χ4n) is 6.88. The molecule has 7 rings (SSSR count). The Morgan fingerprint density at radius 1 is 0.651 bits per heavy atom. The summed E-state index contributed by atoms with van der Waals surface area (Å²) in [6.07, 6.45) is 7.56. The smallest absolute Gasteiger partial charge is 0.405 e. The van der Waals surface area contributed by atoms with Crippen LogP contribution in [0.5, 0.6) is 11.5 Å². The molecule has 3 fully saturated rings. The van der Waals surface area contributed by atoms with E-state index in [0.29, 0.717) is 26.3 Å². The molecule has 2 aromatic rings. The molecule has 1 N–H and O–H groups in total. The van der Waals surface area contributed by atoms with E-state index in [1.807, 2.05) is 0 Å². The van der Waals surface area contributed by atoms with Crippen molar-refractivity contribution >= 4 is 43.4 Å². The Morgan fingerprint density at radius 2 is 1.19 bits per heavy atom. The molecule has 43 heavy (non-hydrogen) atoms. The molecule has 3 atom stereocenters. The van der Waals surface area contributed by atoms with E-state index in [-0.39, 0.29) is 0 Å². The minimum absolute atomic E-state index is 0.659. The number of nitrogens with zero attached hydrogens (tertiary/aromatic N) is 6. The molecule has 9 nitrogen and oxygen atoms in total. The first-order chi connectivity index (χ1) is 21.0. The number of hydrogen-bond acceptors (Lipinski definition) is 5. The lowest BCUT2D eigenvalue weighted by Crippen LogP contribution is -2.43. The maximum absolute atomic E-state index is 7.38. The van der Waals surface area contributed by atoms with Gasteiger partial charge in [-0.3, -0.25) is 0 Å². The Kier molecular flexibility index (Phi) is 9.38. The maximum Gasteiger partial charge on any atom is 0.405 e. The van der Waals surface area contributed by atoms with Crippen LogP contribution in [0.25, 0.3) is 0 Å². The van der Waals surface area contributed by atoms with Crippen molar-refractivity contribution in [3.63, 3.8) is 0 Å². The molecule has 2 aromatic carbocycles. The fourth-order valence-corrected chi connectivity index (χ4v) is 23.3. The zero-order valence-corrected chi connectivity index (χ0v) is 28.9. The van der Waals surface area contributed by atoms with E-state index in [9.17, 15) is 0 Å². The third-order valence-corrected chi connectivity index (χ3v) is 22.0. The Balaban J connectivity index is 1.45. The Labute approximate surface area is 265 Å². The van der Waals surface area contributed by atoms with Crippen LogP contribution < -0.4 is 14.3 Å². The summed E-state index contributed by atoms with van der Waals surface area (Å²) in [5, 5.41) is 0. The average molecular weight is 686 g/mol. The van der Waals surface area contributed by atoms with Gasteiger partial charge in [0.15, 0.2) is 7.51 Å². The van der Waals surface area contributed by atoms with Crippen LogP contribution in [0, 0.1) is 0 Å². The second-order valence-electron chi connectivity index (χ2n) is 11.9. The molecule has 0 aliphatic carbocycles. The van der Waals surface area contributed by atoms with E-state index in [4.69, 9.17) is 41.0 Å². The first kappa shape index (κ1) is 30.8. The van der Waals surface area contributed by atoms with Crippen LogP contribution in [0.2, 0.25) is 0 Å². The molecule has 5 heterocycles. The molecule has 0 saturated carbocycles. The van der Waals surface area contributed by atoms with Crippen LogP contribution in [0.15, 0.2) is 57.6 Å². The van der Waals surface area contributed by atoms with Gasteiger partial charge in [-0.1, -0.05) is 36.4 Å². The highest BCUT2D eigenvalue weighted by atomic mass is 35.9. The standard InChI is InChI=1S/C29H43Cl2N7O2P3/c30-41(31)32-42(35-16-5-6-17-35,36-18-7-8-19-36)34-43(33-41)37-20-11-21-38(43)25-27-13-2-4-15-29(27)40-23-10-9-22-39-28-14-3-1-12-26(28)24-37/h1-4,12-15,33H,5-11,16-25H2/q+1. The van der Waals surface area contributed by atoms with Gasteiger partial charge in [0.25, 0.3) is 0 Å². The molecular weight excluding hydrogens is 642 g/mol. The molecule has 0 amide bonds. The summed E-state index contributed by atoms with van der Waals surface area (Å²) in [6, 6.07) is 16.9. The number of ether oxygens (including phenoxy) is 2. The van der Waals surface area contributed by atoms with Crippen molar-refractivity contribution in [2.24, 2.45) is 9.03 Å². The van der Waals surface area contributed by atoms with Crippen molar-refractivity contribution in [2.75, 3.05) is 52.5 Å². The molecule has 2 bridgehead atoms. The van der Waals surface area contributed by atoms with Gasteiger partial charge >= 0.3 is 7.51 Å². The van der Waals surface area contributed by atoms with Gasteiger partial charge in [-0.2, -0.15) is 9.53 Å². The van der Waals surface area contributed by atoms with Crippen LogP contribution in [0.3, 0.4) is 0 Å². The monoisotopic (exact) mass is 684 g/mol. The Hall–Kier alpha value is -0.850. The number of fused-ring (bicyclic) bond motifs is 2. The molecule has 3 saturated heterocycles. The largest absolute Gasteiger partial charge is 0.493 e. The molecule has 0 aromatic heterocycles. The number of hydrogen-bond donors (Lipinski definition) is 1. The van der Waals surface area contributed by atoms with Crippen LogP contribution in [0.4, 0.5) is 0 Å². The number of benzene rings is 2. The summed E-state index contributed by atoms with van der Waals surface area (Å²) in [6.45, 7) is 8.54. The van der Waals surface area contributed by atoms with Crippen molar-refractivity contribution < 1.29 is 13.8 Å². The molecule has 5 aliphatic rings. The molecule has 14 heteroatoms. The summed E-state index contributed by atoms with van der Waals surface area (Å²) in [5.41, 5.74) is 2.35. The third kappa shape index (κ3) is 6.29. The summed E-state index contributed by atoms with van der Waals surface area (Å²) in [5.74, 6) is -1.04. The van der Waals surface area contributed by atoms with Gasteiger partial charge in [-0.25, -0.2) is 13.7 Å². The van der Waals surface area contributed by atoms with Crippen molar-refractivity contribution in [1.29, 1.82) is 0 Å². The number of rotatable bonds is 1.